The summed E-state index contributed by atoms with van der Waals surface area (Å²) in [5.41, 5.74) is 5.34. The van der Waals surface area contributed by atoms with Gasteiger partial charge in [-0.15, -0.1) is 10.2 Å². The van der Waals surface area contributed by atoms with E-state index in [4.69, 9.17) is 17.3 Å². The summed E-state index contributed by atoms with van der Waals surface area (Å²) in [4.78, 5) is 17.0. The number of nitrogens with one attached hydrogen (secondary N) is 1. The van der Waals surface area contributed by atoms with E-state index in [-0.39, 0.29) is 6.04 Å². The zero-order chi connectivity index (χ0) is 14.8. The number of anilines is 1. The molecule has 0 radical (unpaired) electrons. The van der Waals surface area contributed by atoms with E-state index in [9.17, 15) is 4.79 Å². The maximum Gasteiger partial charge on any atom is 0.314 e. The molecule has 8 heteroatoms. The number of nitrogens with zero attached hydrogens (tertiary/aromatic N) is 4. The second kappa shape index (κ2) is 5.69. The molecule has 21 heavy (non-hydrogen) atoms. The summed E-state index contributed by atoms with van der Waals surface area (Å²) < 4.78 is 0. The van der Waals surface area contributed by atoms with Crippen LogP contribution in [0.1, 0.15) is 12.8 Å². The summed E-state index contributed by atoms with van der Waals surface area (Å²) in [6.45, 7) is 1.25. The monoisotopic (exact) mass is 306 g/mol. The number of urea groups is 1. The Morgan fingerprint density at radius 1 is 1.43 bits per heavy atom. The van der Waals surface area contributed by atoms with Crippen LogP contribution in [0.3, 0.4) is 0 Å². The van der Waals surface area contributed by atoms with Crippen LogP contribution in [0.15, 0.2) is 18.5 Å². The van der Waals surface area contributed by atoms with Crippen LogP contribution in [-0.2, 0) is 0 Å². The second-order valence-corrected chi connectivity index (χ2v) is 5.39. The fraction of sp³-hybridized carbons (Fsp3) is 0.385. The van der Waals surface area contributed by atoms with E-state index in [0.29, 0.717) is 24.1 Å². The van der Waals surface area contributed by atoms with Gasteiger partial charge in [0.15, 0.2) is 11.0 Å². The van der Waals surface area contributed by atoms with Crippen molar-refractivity contribution in [1.82, 2.24) is 20.1 Å². The normalized spacial score (nSPS) is 18.7. The van der Waals surface area contributed by atoms with Crippen molar-refractivity contribution in [2.24, 2.45) is 5.73 Å². The smallest absolute Gasteiger partial charge is 0.314 e. The highest BCUT2D eigenvalue weighted by molar-refractivity contribution is 6.34. The third-order valence-electron chi connectivity index (χ3n) is 3.61. The van der Waals surface area contributed by atoms with E-state index >= 15 is 0 Å². The number of piperidine rings is 1. The van der Waals surface area contributed by atoms with Crippen LogP contribution in [-0.4, -0.2) is 45.2 Å². The fourth-order valence-electron chi connectivity index (χ4n) is 2.56. The standard InChI is InChI=1S/C13H15ClN6O/c14-11-9-3-4-16-6-10(9)12(19-18-11)17-8-2-1-5-20(7-8)13(15)21/h3-4,6,8H,1-2,5,7H2,(H2,15,21)(H,17,19)/t8-/m1/s1. The van der Waals surface area contributed by atoms with Crippen LogP contribution in [0, 0.1) is 0 Å². The van der Waals surface area contributed by atoms with Crippen LogP contribution in [0.4, 0.5) is 10.6 Å². The van der Waals surface area contributed by atoms with Gasteiger partial charge in [-0.25, -0.2) is 4.79 Å². The van der Waals surface area contributed by atoms with Crippen LogP contribution < -0.4 is 11.1 Å². The molecule has 0 spiro atoms. The lowest BCUT2D eigenvalue weighted by molar-refractivity contribution is 0.192. The van der Waals surface area contributed by atoms with E-state index < -0.39 is 6.03 Å². The Labute approximate surface area is 126 Å². The molecule has 1 aliphatic heterocycles. The molecule has 7 nitrogen and oxygen atoms in total. The van der Waals surface area contributed by atoms with Gasteiger partial charge >= 0.3 is 6.03 Å². The molecule has 0 aliphatic carbocycles. The number of aromatic nitrogens is 3. The molecule has 0 saturated carbocycles. The van der Waals surface area contributed by atoms with Gasteiger partial charge in [0, 0.05) is 42.3 Å². The van der Waals surface area contributed by atoms with Crippen molar-refractivity contribution in [3.8, 4) is 0 Å². The molecule has 0 unspecified atom stereocenters. The summed E-state index contributed by atoms with van der Waals surface area (Å²) in [7, 11) is 0. The van der Waals surface area contributed by atoms with Gasteiger partial charge in [-0.1, -0.05) is 11.6 Å². The number of hydrogen-bond donors (Lipinski definition) is 2. The molecule has 1 saturated heterocycles. The lowest BCUT2D eigenvalue weighted by Crippen LogP contribution is -2.47. The number of carbonyl (C=O) groups is 1. The molecule has 1 aliphatic rings. The van der Waals surface area contributed by atoms with Gasteiger partial charge in [0.25, 0.3) is 0 Å². The first-order valence-corrected chi connectivity index (χ1v) is 7.10. The van der Waals surface area contributed by atoms with Crippen LogP contribution >= 0.6 is 11.6 Å². The van der Waals surface area contributed by atoms with Gasteiger partial charge < -0.3 is 16.0 Å². The zero-order valence-electron chi connectivity index (χ0n) is 11.3. The molecule has 2 amide bonds. The Kier molecular flexibility index (Phi) is 3.74. The highest BCUT2D eigenvalue weighted by Gasteiger charge is 2.23. The molecule has 1 atom stereocenters. The zero-order valence-corrected chi connectivity index (χ0v) is 12.0. The maximum atomic E-state index is 11.3. The van der Waals surface area contributed by atoms with Crippen molar-refractivity contribution in [3.05, 3.63) is 23.6 Å². The molecular formula is C13H15ClN6O. The Morgan fingerprint density at radius 3 is 3.10 bits per heavy atom. The van der Waals surface area contributed by atoms with Gasteiger partial charge in [-0.3, -0.25) is 4.98 Å². The molecule has 3 heterocycles. The third-order valence-corrected chi connectivity index (χ3v) is 3.89. The Hall–Kier alpha value is -2.15. The molecule has 2 aromatic rings. The van der Waals surface area contributed by atoms with Crippen molar-refractivity contribution < 1.29 is 4.79 Å². The van der Waals surface area contributed by atoms with Gasteiger partial charge in [0.1, 0.15) is 0 Å². The number of likely N-dealkylation sites (tertiary alicyclic amines) is 1. The fourth-order valence-corrected chi connectivity index (χ4v) is 2.76. The predicted molar refractivity (Wildman–Crippen MR) is 80.1 cm³/mol. The highest BCUT2D eigenvalue weighted by atomic mass is 35.5. The first-order chi connectivity index (χ1) is 10.1. The summed E-state index contributed by atoms with van der Waals surface area (Å²) in [6.07, 6.45) is 5.20. The number of nitrogens with two attached hydrogens (primary N) is 1. The maximum absolute atomic E-state index is 11.3. The first kappa shape index (κ1) is 13.8. The molecule has 3 N–H and O–H groups in total. The predicted octanol–water partition coefficient (Wildman–Crippen LogP) is 1.63. The summed E-state index contributed by atoms with van der Waals surface area (Å²) in [6, 6.07) is 1.49. The number of fused-ring (bicyclic) bond motifs is 1. The van der Waals surface area contributed by atoms with Crippen LogP contribution in [0.25, 0.3) is 10.8 Å². The van der Waals surface area contributed by atoms with Gasteiger partial charge in [0.2, 0.25) is 0 Å². The number of rotatable bonds is 2. The van der Waals surface area contributed by atoms with Gasteiger partial charge in [-0.2, -0.15) is 0 Å². The lowest BCUT2D eigenvalue weighted by Gasteiger charge is -2.32. The van der Waals surface area contributed by atoms with Crippen molar-refractivity contribution in [2.75, 3.05) is 18.4 Å². The Bertz CT molecular complexity index is 679. The van der Waals surface area contributed by atoms with E-state index in [0.717, 1.165) is 23.6 Å². The average Bonchev–Trinajstić information content (AvgIpc) is 2.51. The van der Waals surface area contributed by atoms with Gasteiger partial charge in [-0.05, 0) is 18.9 Å². The minimum Gasteiger partial charge on any atom is -0.363 e. The summed E-state index contributed by atoms with van der Waals surface area (Å²) in [5.74, 6) is 0.624. The molecular weight excluding hydrogens is 292 g/mol. The quantitative estimate of drug-likeness (QED) is 0.879. The Morgan fingerprint density at radius 2 is 2.29 bits per heavy atom. The first-order valence-electron chi connectivity index (χ1n) is 6.72. The molecule has 2 aromatic heterocycles. The average molecular weight is 307 g/mol. The minimum absolute atomic E-state index is 0.0881. The highest BCUT2D eigenvalue weighted by Crippen LogP contribution is 2.26. The van der Waals surface area contributed by atoms with Crippen molar-refractivity contribution in [1.29, 1.82) is 0 Å². The van der Waals surface area contributed by atoms with E-state index in [1.165, 1.54) is 0 Å². The number of halogens is 1. The number of pyridine rings is 1. The van der Waals surface area contributed by atoms with Crippen molar-refractivity contribution >= 4 is 34.2 Å². The van der Waals surface area contributed by atoms with Gasteiger partial charge in [0.05, 0.1) is 0 Å². The third kappa shape index (κ3) is 2.82. The van der Waals surface area contributed by atoms with E-state index in [1.54, 1.807) is 23.4 Å². The Balaban J connectivity index is 1.85. The molecule has 3 rings (SSSR count). The number of amides is 2. The van der Waals surface area contributed by atoms with Crippen molar-refractivity contribution in [3.63, 3.8) is 0 Å². The van der Waals surface area contributed by atoms with Crippen LogP contribution in [0.5, 0.6) is 0 Å². The topological polar surface area (TPSA) is 97.0 Å². The molecule has 1 fully saturated rings. The summed E-state index contributed by atoms with van der Waals surface area (Å²) in [5, 5.41) is 13.3. The number of hydrogen-bond acceptors (Lipinski definition) is 5. The summed E-state index contributed by atoms with van der Waals surface area (Å²) >= 11 is 6.04. The second-order valence-electron chi connectivity index (χ2n) is 5.03. The van der Waals surface area contributed by atoms with Crippen LogP contribution in [0.2, 0.25) is 5.15 Å². The van der Waals surface area contributed by atoms with E-state index in [2.05, 4.69) is 20.5 Å². The largest absolute Gasteiger partial charge is 0.363 e. The van der Waals surface area contributed by atoms with E-state index in [1.807, 2.05) is 0 Å². The molecule has 0 aromatic carbocycles. The molecule has 110 valence electrons. The minimum atomic E-state index is -0.393. The van der Waals surface area contributed by atoms with Crippen molar-refractivity contribution in [2.45, 2.75) is 18.9 Å². The lowest BCUT2D eigenvalue weighted by atomic mass is 10.1. The number of carbonyl (C=O) groups excluding carboxylic acids is 1. The number of primary amides is 1. The SMILES string of the molecule is NC(=O)N1CCC[C@@H](Nc2nnc(Cl)c3ccncc23)C1. The molecule has 0 bridgehead atoms.